The first-order chi connectivity index (χ1) is 11.1. The summed E-state index contributed by atoms with van der Waals surface area (Å²) in [7, 11) is -2.52. The zero-order valence-electron chi connectivity index (χ0n) is 14.6. The Labute approximate surface area is 144 Å². The maximum atomic E-state index is 12.1. The molecule has 0 heterocycles. The van der Waals surface area contributed by atoms with Crippen LogP contribution in [0.4, 0.5) is 0 Å². The summed E-state index contributed by atoms with van der Waals surface area (Å²) in [6, 6.07) is 0. The van der Waals surface area contributed by atoms with Crippen molar-refractivity contribution >= 4 is 8.32 Å². The maximum absolute atomic E-state index is 12.1. The standard InChI is InChI=1S/C11H22N3O10Si/c1-10(2,3)25(4,5)24-8-11(6-22-13(18)19,7-23-14(20)21)9(15)12(16)17/h9H,6-8H2,1-5H3. The van der Waals surface area contributed by atoms with Crippen LogP contribution in [-0.2, 0) is 19.2 Å². The SMILES string of the molecule is CC(C)(C)[Si](C)(C)OCC(CO[N+](=O)[O-])(CO[N+](=O)[O-])C([O])[N+](=O)[O-]. The smallest absolute Gasteiger partial charge is 0.353 e. The van der Waals surface area contributed by atoms with Crippen LogP contribution in [0.1, 0.15) is 20.8 Å². The Morgan fingerprint density at radius 1 is 0.920 bits per heavy atom. The molecule has 0 aliphatic carbocycles. The minimum Gasteiger partial charge on any atom is -0.416 e. The van der Waals surface area contributed by atoms with Gasteiger partial charge in [0.25, 0.3) is 10.2 Å². The van der Waals surface area contributed by atoms with Crippen LogP contribution in [0, 0.1) is 35.8 Å². The first-order valence-corrected chi connectivity index (χ1v) is 10.0. The maximum Gasteiger partial charge on any atom is 0.353 e. The fourth-order valence-corrected chi connectivity index (χ4v) is 2.55. The molecule has 0 saturated carbocycles. The summed E-state index contributed by atoms with van der Waals surface area (Å²) in [5, 5.41) is 41.1. The molecule has 0 fully saturated rings. The Hall–Kier alpha value is -2.06. The van der Waals surface area contributed by atoms with Crippen molar-refractivity contribution in [3.63, 3.8) is 0 Å². The molecular weight excluding hydrogens is 362 g/mol. The van der Waals surface area contributed by atoms with Gasteiger partial charge < -0.3 is 14.1 Å². The van der Waals surface area contributed by atoms with Crippen LogP contribution in [0.5, 0.6) is 0 Å². The first-order valence-electron chi connectivity index (χ1n) is 7.12. The summed E-state index contributed by atoms with van der Waals surface area (Å²) in [5.41, 5.74) is -2.25. The van der Waals surface area contributed by atoms with Gasteiger partial charge in [-0.3, -0.25) is 10.1 Å². The van der Waals surface area contributed by atoms with Crippen LogP contribution in [0.3, 0.4) is 0 Å². The molecule has 0 aromatic rings. The fourth-order valence-electron chi connectivity index (χ4n) is 1.47. The van der Waals surface area contributed by atoms with Gasteiger partial charge in [-0.15, -0.1) is 20.2 Å². The Kier molecular flexibility index (Phi) is 7.66. The molecule has 1 unspecified atom stereocenters. The van der Waals surface area contributed by atoms with Crippen molar-refractivity contribution in [2.24, 2.45) is 5.41 Å². The van der Waals surface area contributed by atoms with E-state index in [4.69, 9.17) is 4.43 Å². The third kappa shape index (κ3) is 6.75. The number of rotatable bonds is 11. The third-order valence-corrected chi connectivity index (χ3v) is 8.64. The quantitative estimate of drug-likeness (QED) is 0.220. The van der Waals surface area contributed by atoms with Crippen LogP contribution < -0.4 is 0 Å². The second-order valence-corrected chi connectivity index (χ2v) is 11.9. The van der Waals surface area contributed by atoms with Gasteiger partial charge in [0.1, 0.15) is 18.6 Å². The van der Waals surface area contributed by atoms with E-state index in [0.717, 1.165) is 0 Å². The van der Waals surface area contributed by atoms with Crippen LogP contribution >= 0.6 is 0 Å². The number of nitro groups is 1. The zero-order valence-corrected chi connectivity index (χ0v) is 15.6. The van der Waals surface area contributed by atoms with E-state index in [0.29, 0.717) is 0 Å². The summed E-state index contributed by atoms with van der Waals surface area (Å²) in [6.45, 7) is 6.37. The second-order valence-electron chi connectivity index (χ2n) is 7.04. The molecule has 0 aliphatic heterocycles. The largest absolute Gasteiger partial charge is 0.416 e. The van der Waals surface area contributed by atoms with E-state index in [9.17, 15) is 35.4 Å². The zero-order chi connectivity index (χ0) is 20.1. The highest BCUT2D eigenvalue weighted by Crippen LogP contribution is 2.38. The number of hydrogen-bond acceptors (Lipinski definition) is 9. The topological polar surface area (TPSA) is 177 Å². The molecule has 14 heteroatoms. The summed E-state index contributed by atoms with van der Waals surface area (Å²) >= 11 is 0. The van der Waals surface area contributed by atoms with Crippen molar-refractivity contribution in [1.29, 1.82) is 0 Å². The van der Waals surface area contributed by atoms with Gasteiger partial charge >= 0.3 is 6.23 Å². The molecule has 0 rings (SSSR count). The number of hydrogen-bond donors (Lipinski definition) is 0. The third-order valence-electron chi connectivity index (χ3n) is 4.16. The van der Waals surface area contributed by atoms with Crippen LogP contribution in [-0.4, -0.2) is 49.5 Å². The van der Waals surface area contributed by atoms with E-state index in [1.807, 2.05) is 20.8 Å². The minimum absolute atomic E-state index is 0.334. The lowest BCUT2D eigenvalue weighted by atomic mass is 9.89. The first kappa shape index (κ1) is 22.9. The van der Waals surface area contributed by atoms with E-state index in [-0.39, 0.29) is 5.04 Å². The molecule has 145 valence electrons. The molecular formula is C11H22N3O10Si. The molecule has 1 atom stereocenters. The van der Waals surface area contributed by atoms with Crippen molar-refractivity contribution in [1.82, 2.24) is 0 Å². The molecule has 1 radical (unpaired) electrons. The average molecular weight is 384 g/mol. The summed E-state index contributed by atoms with van der Waals surface area (Å²) in [6.07, 6.45) is -2.68. The normalized spacial score (nSPS) is 13.8. The molecule has 0 aliphatic rings. The molecule has 13 nitrogen and oxygen atoms in total. The molecule has 0 saturated heterocycles. The van der Waals surface area contributed by atoms with E-state index >= 15 is 0 Å². The van der Waals surface area contributed by atoms with Crippen LogP contribution in [0.2, 0.25) is 18.1 Å². The van der Waals surface area contributed by atoms with Crippen molar-refractivity contribution in [2.75, 3.05) is 19.8 Å². The lowest BCUT2D eigenvalue weighted by Crippen LogP contribution is -2.54. The predicted octanol–water partition coefficient (Wildman–Crippen LogP) is 1.44. The van der Waals surface area contributed by atoms with Gasteiger partial charge in [-0.25, -0.2) is 0 Å². The molecule has 0 aromatic carbocycles. The van der Waals surface area contributed by atoms with E-state index < -0.39 is 54.9 Å². The predicted molar refractivity (Wildman–Crippen MR) is 82.9 cm³/mol. The van der Waals surface area contributed by atoms with Crippen molar-refractivity contribution in [2.45, 2.75) is 45.1 Å². The van der Waals surface area contributed by atoms with Crippen molar-refractivity contribution < 1.29 is 34.3 Å². The monoisotopic (exact) mass is 384 g/mol. The Bertz CT molecular complexity index is 489. The van der Waals surface area contributed by atoms with Gasteiger partial charge in [0.2, 0.25) is 0 Å². The highest BCUT2D eigenvalue weighted by molar-refractivity contribution is 6.74. The minimum atomic E-state index is -2.68. The highest BCUT2D eigenvalue weighted by atomic mass is 28.4. The van der Waals surface area contributed by atoms with Crippen LogP contribution in [0.25, 0.3) is 0 Å². The van der Waals surface area contributed by atoms with E-state index in [1.165, 1.54) is 0 Å². The highest BCUT2D eigenvalue weighted by Gasteiger charge is 2.52. The van der Waals surface area contributed by atoms with Gasteiger partial charge in [-0.2, -0.15) is 5.11 Å². The summed E-state index contributed by atoms with van der Waals surface area (Å²) in [5.74, 6) is 0. The van der Waals surface area contributed by atoms with E-state index in [1.54, 1.807) is 13.1 Å². The van der Waals surface area contributed by atoms with E-state index in [2.05, 4.69) is 9.68 Å². The molecule has 0 N–H and O–H groups in total. The van der Waals surface area contributed by atoms with Gasteiger partial charge in [-0.1, -0.05) is 20.8 Å². The Morgan fingerprint density at radius 3 is 1.60 bits per heavy atom. The molecule has 0 spiro atoms. The Morgan fingerprint density at radius 2 is 1.32 bits per heavy atom. The lowest BCUT2D eigenvalue weighted by molar-refractivity contribution is -0.778. The van der Waals surface area contributed by atoms with Crippen molar-refractivity contribution in [3.05, 3.63) is 30.3 Å². The lowest BCUT2D eigenvalue weighted by Gasteiger charge is -2.39. The molecule has 0 aromatic heterocycles. The second kappa shape index (κ2) is 8.35. The number of nitrogens with zero attached hydrogens (tertiary/aromatic N) is 3. The van der Waals surface area contributed by atoms with Crippen LogP contribution in [0.15, 0.2) is 0 Å². The van der Waals surface area contributed by atoms with Gasteiger partial charge in [0.05, 0.1) is 11.5 Å². The van der Waals surface area contributed by atoms with Crippen molar-refractivity contribution in [3.8, 4) is 0 Å². The molecule has 25 heavy (non-hydrogen) atoms. The fraction of sp³-hybridized carbons (Fsp3) is 1.00. The molecule has 0 amide bonds. The van der Waals surface area contributed by atoms with Gasteiger partial charge in [-0.05, 0) is 18.1 Å². The van der Waals surface area contributed by atoms with Gasteiger partial charge in [0.15, 0.2) is 8.32 Å². The summed E-state index contributed by atoms with van der Waals surface area (Å²) in [4.78, 5) is 38.8. The molecule has 0 bridgehead atoms. The summed E-state index contributed by atoms with van der Waals surface area (Å²) < 4.78 is 5.72. The van der Waals surface area contributed by atoms with Gasteiger partial charge in [0, 0.05) is 0 Å². The average Bonchev–Trinajstić information content (AvgIpc) is 2.44. The Balaban J connectivity index is 5.66.